The lowest BCUT2D eigenvalue weighted by molar-refractivity contribution is 0.412. The molecule has 3 atom stereocenters. The first-order valence-electron chi connectivity index (χ1n) is 5.22. The monoisotopic (exact) mass is 269 g/mol. The van der Waals surface area contributed by atoms with Gasteiger partial charge in [0, 0.05) is 6.04 Å². The molecule has 1 fully saturated rings. The fourth-order valence-electron chi connectivity index (χ4n) is 2.09. The molecule has 0 spiro atoms. The van der Waals surface area contributed by atoms with Gasteiger partial charge in [-0.2, -0.15) is 0 Å². The van der Waals surface area contributed by atoms with Crippen molar-refractivity contribution >= 4 is 15.9 Å². The Morgan fingerprint density at radius 2 is 2.27 bits per heavy atom. The first-order chi connectivity index (χ1) is 7.13. The minimum atomic E-state index is 0.302. The van der Waals surface area contributed by atoms with Gasteiger partial charge in [-0.3, -0.25) is 0 Å². The van der Waals surface area contributed by atoms with E-state index in [-0.39, 0.29) is 0 Å². The van der Waals surface area contributed by atoms with Crippen LogP contribution in [0.15, 0.2) is 22.7 Å². The summed E-state index contributed by atoms with van der Waals surface area (Å²) >= 11 is 3.50. The second-order valence-corrected chi connectivity index (χ2v) is 5.11. The number of benzene rings is 1. The lowest BCUT2D eigenvalue weighted by Gasteiger charge is -2.07. The quantitative estimate of drug-likeness (QED) is 0.916. The Hall–Kier alpha value is -0.540. The Kier molecular flexibility index (Phi) is 3.03. The third-order valence-electron chi connectivity index (χ3n) is 3.12. The highest BCUT2D eigenvalue weighted by atomic mass is 79.9. The Bertz CT molecular complexity index is 365. The van der Waals surface area contributed by atoms with E-state index in [1.807, 2.05) is 6.07 Å². The van der Waals surface area contributed by atoms with Crippen molar-refractivity contribution in [2.45, 2.75) is 25.3 Å². The van der Waals surface area contributed by atoms with E-state index in [0.717, 1.165) is 10.2 Å². The maximum Gasteiger partial charge on any atom is 0.133 e. The summed E-state index contributed by atoms with van der Waals surface area (Å²) in [4.78, 5) is 0. The van der Waals surface area contributed by atoms with Crippen LogP contribution >= 0.6 is 15.9 Å². The minimum absolute atomic E-state index is 0.302. The zero-order valence-corrected chi connectivity index (χ0v) is 10.6. The molecule has 1 saturated carbocycles. The molecule has 0 radical (unpaired) electrons. The molecule has 1 aliphatic rings. The van der Waals surface area contributed by atoms with E-state index < -0.39 is 0 Å². The summed E-state index contributed by atoms with van der Waals surface area (Å²) in [6.07, 6.45) is 1.22. The van der Waals surface area contributed by atoms with Gasteiger partial charge < -0.3 is 10.5 Å². The van der Waals surface area contributed by atoms with Crippen LogP contribution in [0.5, 0.6) is 5.75 Å². The average Bonchev–Trinajstić information content (AvgIpc) is 2.97. The molecule has 0 bridgehead atoms. The van der Waals surface area contributed by atoms with Gasteiger partial charge >= 0.3 is 0 Å². The van der Waals surface area contributed by atoms with Gasteiger partial charge in [-0.25, -0.2) is 0 Å². The normalized spacial score (nSPS) is 26.1. The molecule has 82 valence electrons. The Morgan fingerprint density at radius 3 is 2.73 bits per heavy atom. The highest BCUT2D eigenvalue weighted by Crippen LogP contribution is 2.49. The summed E-state index contributed by atoms with van der Waals surface area (Å²) in [6.45, 7) is 2.09. The number of rotatable bonds is 3. The van der Waals surface area contributed by atoms with Gasteiger partial charge in [0.15, 0.2) is 0 Å². The predicted octanol–water partition coefficient (Wildman–Crippen LogP) is 2.91. The van der Waals surface area contributed by atoms with Crippen molar-refractivity contribution < 1.29 is 4.74 Å². The molecule has 0 aromatic heterocycles. The largest absolute Gasteiger partial charge is 0.496 e. The maximum absolute atomic E-state index is 5.88. The molecule has 1 aromatic carbocycles. The maximum atomic E-state index is 5.88. The fraction of sp³-hybridized carbons (Fsp3) is 0.500. The zero-order chi connectivity index (χ0) is 11.0. The van der Waals surface area contributed by atoms with E-state index in [1.165, 1.54) is 12.0 Å². The molecule has 0 amide bonds. The van der Waals surface area contributed by atoms with Gasteiger partial charge in [0.2, 0.25) is 0 Å². The van der Waals surface area contributed by atoms with Crippen LogP contribution in [-0.4, -0.2) is 13.2 Å². The van der Waals surface area contributed by atoms with Crippen molar-refractivity contribution in [3.8, 4) is 5.75 Å². The van der Waals surface area contributed by atoms with E-state index in [9.17, 15) is 0 Å². The highest BCUT2D eigenvalue weighted by molar-refractivity contribution is 9.10. The van der Waals surface area contributed by atoms with Crippen molar-refractivity contribution in [1.29, 1.82) is 0 Å². The molecule has 0 saturated heterocycles. The van der Waals surface area contributed by atoms with Gasteiger partial charge in [0.25, 0.3) is 0 Å². The molecule has 2 rings (SSSR count). The zero-order valence-electron chi connectivity index (χ0n) is 9.03. The first-order valence-corrected chi connectivity index (χ1v) is 6.01. The Labute approximate surface area is 98.9 Å². The van der Waals surface area contributed by atoms with Crippen LogP contribution in [0.4, 0.5) is 0 Å². The summed E-state index contributed by atoms with van der Waals surface area (Å²) in [5.74, 6) is 2.19. The van der Waals surface area contributed by atoms with Gasteiger partial charge in [-0.1, -0.05) is 6.07 Å². The van der Waals surface area contributed by atoms with Crippen molar-refractivity contribution in [1.82, 2.24) is 0 Å². The van der Waals surface area contributed by atoms with Crippen LogP contribution in [0.2, 0.25) is 0 Å². The lowest BCUT2D eigenvalue weighted by Crippen LogP contribution is -2.17. The molecule has 0 heterocycles. The molecule has 1 aliphatic carbocycles. The third-order valence-corrected chi connectivity index (χ3v) is 3.74. The van der Waals surface area contributed by atoms with Gasteiger partial charge in [0.1, 0.15) is 5.75 Å². The predicted molar refractivity (Wildman–Crippen MR) is 65.2 cm³/mol. The average molecular weight is 270 g/mol. The number of hydrogen-bond donors (Lipinski definition) is 1. The lowest BCUT2D eigenvalue weighted by atomic mass is 10.1. The summed E-state index contributed by atoms with van der Waals surface area (Å²) in [5.41, 5.74) is 7.25. The van der Waals surface area contributed by atoms with Crippen LogP contribution in [-0.2, 0) is 0 Å². The van der Waals surface area contributed by atoms with Crippen molar-refractivity contribution in [3.63, 3.8) is 0 Å². The number of ether oxygens (including phenoxy) is 1. The van der Waals surface area contributed by atoms with Gasteiger partial charge in [-0.15, -0.1) is 0 Å². The molecule has 3 heteroatoms. The van der Waals surface area contributed by atoms with Crippen molar-refractivity contribution in [3.05, 3.63) is 28.2 Å². The van der Waals surface area contributed by atoms with E-state index in [1.54, 1.807) is 7.11 Å². The highest BCUT2D eigenvalue weighted by Gasteiger charge is 2.40. The topological polar surface area (TPSA) is 35.2 Å². The molecule has 1 aromatic rings. The molecular formula is C12H16BrNO. The second-order valence-electron chi connectivity index (χ2n) is 4.26. The minimum Gasteiger partial charge on any atom is -0.496 e. The van der Waals surface area contributed by atoms with E-state index in [4.69, 9.17) is 10.5 Å². The summed E-state index contributed by atoms with van der Waals surface area (Å²) in [6, 6.07) is 6.59. The molecule has 3 unspecified atom stereocenters. The smallest absolute Gasteiger partial charge is 0.133 e. The van der Waals surface area contributed by atoms with Gasteiger partial charge in [-0.05, 0) is 58.8 Å². The Morgan fingerprint density at radius 1 is 1.53 bits per heavy atom. The SMILES string of the molecule is COc1ccc(C2CC2C(C)N)cc1Br. The summed E-state index contributed by atoms with van der Waals surface area (Å²) in [7, 11) is 1.68. The summed E-state index contributed by atoms with van der Waals surface area (Å²) in [5, 5.41) is 0. The van der Waals surface area contributed by atoms with Crippen LogP contribution < -0.4 is 10.5 Å². The molecule has 0 aliphatic heterocycles. The second kappa shape index (κ2) is 4.14. The Balaban J connectivity index is 2.15. The number of hydrogen-bond acceptors (Lipinski definition) is 2. The standard InChI is InChI=1S/C12H16BrNO/c1-7(14)9-6-10(9)8-3-4-12(15-2)11(13)5-8/h3-5,7,9-10H,6,14H2,1-2H3. The molecule has 15 heavy (non-hydrogen) atoms. The van der Waals surface area contributed by atoms with Crippen LogP contribution in [0.3, 0.4) is 0 Å². The third kappa shape index (κ3) is 2.18. The molecule has 2 N–H and O–H groups in total. The fourth-order valence-corrected chi connectivity index (χ4v) is 2.65. The number of methoxy groups -OCH3 is 1. The van der Waals surface area contributed by atoms with Gasteiger partial charge in [0.05, 0.1) is 11.6 Å². The van der Waals surface area contributed by atoms with Crippen molar-refractivity contribution in [2.75, 3.05) is 7.11 Å². The van der Waals surface area contributed by atoms with Crippen LogP contribution in [0, 0.1) is 5.92 Å². The van der Waals surface area contributed by atoms with E-state index in [0.29, 0.717) is 17.9 Å². The molecular weight excluding hydrogens is 254 g/mol. The van der Waals surface area contributed by atoms with Crippen molar-refractivity contribution in [2.24, 2.45) is 11.7 Å². The molecule has 2 nitrogen and oxygen atoms in total. The summed E-state index contributed by atoms with van der Waals surface area (Å²) < 4.78 is 6.23. The first kappa shape index (κ1) is 11.0. The van der Waals surface area contributed by atoms with Crippen LogP contribution in [0.25, 0.3) is 0 Å². The van der Waals surface area contributed by atoms with E-state index in [2.05, 4.69) is 35.0 Å². The van der Waals surface area contributed by atoms with Crippen LogP contribution in [0.1, 0.15) is 24.8 Å². The number of nitrogens with two attached hydrogens (primary N) is 1. The van der Waals surface area contributed by atoms with E-state index >= 15 is 0 Å². The number of halogens is 1.